The lowest BCUT2D eigenvalue weighted by atomic mass is 9.92. The zero-order chi connectivity index (χ0) is 27.0. The standard InChI is InChI=1S/C29H30F3N3O2S/c1-19-3-5-21(6-4-19)27-24-12-16-38-25(24)11-13-34(27)18-26(36)33-14-15-35(20(2)17-33)28(37)22-7-9-23(10-8-22)29(30,31)32/h3-10,12,16,20,27H,11,13-15,17-18H2,1-2H3/t20-,27+/m1/s1. The Hall–Kier alpha value is -3.17. The summed E-state index contributed by atoms with van der Waals surface area (Å²) in [5.74, 6) is -0.298. The summed E-state index contributed by atoms with van der Waals surface area (Å²) in [6, 6.07) is 14.7. The molecule has 1 aromatic heterocycles. The molecule has 0 unspecified atom stereocenters. The smallest absolute Gasteiger partial charge is 0.338 e. The van der Waals surface area contributed by atoms with E-state index in [9.17, 15) is 22.8 Å². The third kappa shape index (κ3) is 5.35. The van der Waals surface area contributed by atoms with E-state index in [2.05, 4.69) is 47.5 Å². The molecule has 9 heteroatoms. The van der Waals surface area contributed by atoms with Crippen molar-refractivity contribution in [3.63, 3.8) is 0 Å². The molecule has 2 amide bonds. The van der Waals surface area contributed by atoms with Crippen LogP contribution in [0.4, 0.5) is 13.2 Å². The predicted molar refractivity (Wildman–Crippen MR) is 141 cm³/mol. The van der Waals surface area contributed by atoms with Gasteiger partial charge >= 0.3 is 6.18 Å². The molecule has 5 nitrogen and oxygen atoms in total. The van der Waals surface area contributed by atoms with Gasteiger partial charge in [0.25, 0.3) is 5.91 Å². The van der Waals surface area contributed by atoms with Gasteiger partial charge in [-0.1, -0.05) is 29.8 Å². The molecule has 5 rings (SSSR count). The van der Waals surface area contributed by atoms with Gasteiger partial charge in [0.05, 0.1) is 18.2 Å². The second-order valence-electron chi connectivity index (χ2n) is 10.1. The van der Waals surface area contributed by atoms with E-state index in [1.54, 1.807) is 21.1 Å². The molecule has 0 saturated carbocycles. The van der Waals surface area contributed by atoms with Crippen LogP contribution in [0.2, 0.25) is 0 Å². The van der Waals surface area contributed by atoms with E-state index in [0.29, 0.717) is 19.6 Å². The summed E-state index contributed by atoms with van der Waals surface area (Å²) in [5.41, 5.74) is 3.05. The van der Waals surface area contributed by atoms with Gasteiger partial charge in [0.2, 0.25) is 5.91 Å². The van der Waals surface area contributed by atoms with Crippen molar-refractivity contribution < 1.29 is 22.8 Å². The highest BCUT2D eigenvalue weighted by atomic mass is 32.1. The lowest BCUT2D eigenvalue weighted by Gasteiger charge is -2.42. The fourth-order valence-electron chi connectivity index (χ4n) is 5.40. The molecule has 3 heterocycles. The zero-order valence-corrected chi connectivity index (χ0v) is 22.2. The SMILES string of the molecule is Cc1ccc([C@H]2c3ccsc3CCN2CC(=O)N2CCN(C(=O)c3ccc(C(F)(F)F)cc3)[C@H](C)C2)cc1. The number of hydrogen-bond donors (Lipinski definition) is 0. The van der Waals surface area contributed by atoms with Crippen molar-refractivity contribution in [2.45, 2.75) is 38.5 Å². The monoisotopic (exact) mass is 541 g/mol. The van der Waals surface area contributed by atoms with Gasteiger partial charge in [0, 0.05) is 42.7 Å². The van der Waals surface area contributed by atoms with Crippen molar-refractivity contribution in [3.05, 3.63) is 92.7 Å². The number of alkyl halides is 3. The van der Waals surface area contributed by atoms with Gasteiger partial charge in [-0.3, -0.25) is 14.5 Å². The van der Waals surface area contributed by atoms with Crippen molar-refractivity contribution >= 4 is 23.2 Å². The fourth-order valence-corrected chi connectivity index (χ4v) is 6.31. The maximum absolute atomic E-state index is 13.4. The van der Waals surface area contributed by atoms with Crippen molar-refractivity contribution in [2.24, 2.45) is 0 Å². The molecular weight excluding hydrogens is 511 g/mol. The van der Waals surface area contributed by atoms with E-state index in [1.807, 2.05) is 6.92 Å². The molecule has 0 spiro atoms. The van der Waals surface area contributed by atoms with E-state index in [4.69, 9.17) is 0 Å². The number of piperazine rings is 1. The van der Waals surface area contributed by atoms with E-state index >= 15 is 0 Å². The number of nitrogens with zero attached hydrogens (tertiary/aromatic N) is 3. The number of rotatable bonds is 4. The summed E-state index contributed by atoms with van der Waals surface area (Å²) in [7, 11) is 0. The van der Waals surface area contributed by atoms with Crippen LogP contribution in [0, 0.1) is 6.92 Å². The van der Waals surface area contributed by atoms with Crippen LogP contribution >= 0.6 is 11.3 Å². The average molecular weight is 542 g/mol. The van der Waals surface area contributed by atoms with E-state index < -0.39 is 11.7 Å². The van der Waals surface area contributed by atoms with E-state index in [-0.39, 0.29) is 36.0 Å². The molecule has 1 fully saturated rings. The van der Waals surface area contributed by atoms with E-state index in [1.165, 1.54) is 33.7 Å². The first-order chi connectivity index (χ1) is 18.1. The first-order valence-electron chi connectivity index (χ1n) is 12.7. The first kappa shape index (κ1) is 26.4. The topological polar surface area (TPSA) is 43.9 Å². The lowest BCUT2D eigenvalue weighted by Crippen LogP contribution is -2.57. The molecule has 0 N–H and O–H groups in total. The van der Waals surface area contributed by atoms with E-state index in [0.717, 1.165) is 25.1 Å². The van der Waals surface area contributed by atoms with Gasteiger partial charge in [0.1, 0.15) is 0 Å². The lowest BCUT2D eigenvalue weighted by molar-refractivity contribution is -0.137. The van der Waals surface area contributed by atoms with Gasteiger partial charge in [-0.2, -0.15) is 13.2 Å². The summed E-state index contributed by atoms with van der Waals surface area (Å²) in [6.07, 6.45) is -3.53. The van der Waals surface area contributed by atoms with Crippen LogP contribution in [-0.2, 0) is 17.4 Å². The largest absolute Gasteiger partial charge is 0.416 e. The second kappa shape index (κ2) is 10.5. The number of amides is 2. The molecule has 200 valence electrons. The molecule has 0 aliphatic carbocycles. The molecule has 2 aromatic carbocycles. The second-order valence-corrected chi connectivity index (χ2v) is 11.1. The number of aryl methyl sites for hydroxylation is 1. The van der Waals surface area contributed by atoms with Gasteiger partial charge in [-0.25, -0.2) is 0 Å². The first-order valence-corrected chi connectivity index (χ1v) is 13.6. The van der Waals surface area contributed by atoms with Gasteiger partial charge in [-0.15, -0.1) is 11.3 Å². The van der Waals surface area contributed by atoms with Crippen LogP contribution in [0.5, 0.6) is 0 Å². The summed E-state index contributed by atoms with van der Waals surface area (Å²) in [6.45, 7) is 6.12. The third-order valence-corrected chi connectivity index (χ3v) is 8.49. The molecule has 1 saturated heterocycles. The Morgan fingerprint density at radius 2 is 1.68 bits per heavy atom. The molecule has 0 radical (unpaired) electrons. The number of carbonyl (C=O) groups excluding carboxylic acids is 2. The maximum atomic E-state index is 13.4. The molecule has 2 atom stereocenters. The molecule has 3 aromatic rings. The van der Waals surface area contributed by atoms with Crippen LogP contribution in [-0.4, -0.2) is 65.3 Å². The molecule has 2 aliphatic heterocycles. The van der Waals surface area contributed by atoms with Crippen molar-refractivity contribution in [3.8, 4) is 0 Å². The van der Waals surface area contributed by atoms with Crippen LogP contribution in [0.15, 0.2) is 60.0 Å². The molecule has 2 aliphatic rings. The van der Waals surface area contributed by atoms with Crippen molar-refractivity contribution in [1.29, 1.82) is 0 Å². The number of fused-ring (bicyclic) bond motifs is 1. The minimum Gasteiger partial charge on any atom is -0.338 e. The summed E-state index contributed by atoms with van der Waals surface area (Å²) >= 11 is 1.76. The van der Waals surface area contributed by atoms with Crippen LogP contribution < -0.4 is 0 Å². The highest BCUT2D eigenvalue weighted by Gasteiger charge is 2.35. The Labute approximate surface area is 224 Å². The highest BCUT2D eigenvalue weighted by molar-refractivity contribution is 7.10. The number of benzene rings is 2. The average Bonchev–Trinajstić information content (AvgIpc) is 3.37. The quantitative estimate of drug-likeness (QED) is 0.445. The van der Waals surface area contributed by atoms with Gasteiger partial charge in [-0.05, 0) is 67.1 Å². The Morgan fingerprint density at radius 1 is 0.974 bits per heavy atom. The van der Waals surface area contributed by atoms with Gasteiger partial charge < -0.3 is 9.80 Å². The molecule has 38 heavy (non-hydrogen) atoms. The third-order valence-electron chi connectivity index (χ3n) is 7.50. The number of halogens is 3. The van der Waals surface area contributed by atoms with Crippen LogP contribution in [0.1, 0.15) is 50.5 Å². The van der Waals surface area contributed by atoms with Crippen molar-refractivity contribution in [1.82, 2.24) is 14.7 Å². The zero-order valence-electron chi connectivity index (χ0n) is 21.4. The van der Waals surface area contributed by atoms with Gasteiger partial charge in [0.15, 0.2) is 0 Å². The Morgan fingerprint density at radius 3 is 2.34 bits per heavy atom. The highest BCUT2D eigenvalue weighted by Crippen LogP contribution is 2.38. The number of hydrogen-bond acceptors (Lipinski definition) is 4. The van der Waals surface area contributed by atoms with Crippen molar-refractivity contribution in [2.75, 3.05) is 32.7 Å². The Kier molecular flexibility index (Phi) is 7.33. The maximum Gasteiger partial charge on any atom is 0.416 e. The summed E-state index contributed by atoms with van der Waals surface area (Å²) in [5, 5.41) is 2.12. The molecular formula is C29H30F3N3O2S. The van der Waals surface area contributed by atoms with Crippen LogP contribution in [0.25, 0.3) is 0 Å². The number of carbonyl (C=O) groups is 2. The fraction of sp³-hybridized carbons (Fsp3) is 0.379. The summed E-state index contributed by atoms with van der Waals surface area (Å²) in [4.78, 5) is 33.5. The normalized spacial score (nSPS) is 20.3. The molecule has 0 bridgehead atoms. The minimum absolute atomic E-state index is 0.0225. The number of thiophene rings is 1. The van der Waals surface area contributed by atoms with Crippen LogP contribution in [0.3, 0.4) is 0 Å². The Balaban J connectivity index is 1.25. The minimum atomic E-state index is -4.45. The Bertz CT molecular complexity index is 1300. The summed E-state index contributed by atoms with van der Waals surface area (Å²) < 4.78 is 38.6. The predicted octanol–water partition coefficient (Wildman–Crippen LogP) is 5.40.